The Bertz CT molecular complexity index is 404. The molecule has 1 unspecified atom stereocenters. The van der Waals surface area contributed by atoms with E-state index in [0.29, 0.717) is 12.2 Å². The molecule has 0 saturated carbocycles. The number of anilines is 1. The highest BCUT2D eigenvalue weighted by molar-refractivity contribution is 5.47. The summed E-state index contributed by atoms with van der Waals surface area (Å²) in [5, 5.41) is 0. The van der Waals surface area contributed by atoms with Crippen molar-refractivity contribution in [2.75, 3.05) is 51.3 Å². The van der Waals surface area contributed by atoms with Gasteiger partial charge in [-0.25, -0.2) is 4.39 Å². The zero-order valence-corrected chi connectivity index (χ0v) is 12.1. The number of ether oxygens (including phenoxy) is 1. The summed E-state index contributed by atoms with van der Waals surface area (Å²) in [5.74, 6) is -0.136. The Morgan fingerprint density at radius 3 is 2.55 bits per heavy atom. The maximum Gasteiger partial charge on any atom is 0.146 e. The summed E-state index contributed by atoms with van der Waals surface area (Å²) in [6.45, 7) is 5.18. The summed E-state index contributed by atoms with van der Waals surface area (Å²) >= 11 is 0. The van der Waals surface area contributed by atoms with Crippen LogP contribution in [0.25, 0.3) is 0 Å². The van der Waals surface area contributed by atoms with Crippen molar-refractivity contribution >= 4 is 5.69 Å². The first-order valence-electron chi connectivity index (χ1n) is 7.19. The van der Waals surface area contributed by atoms with E-state index >= 15 is 0 Å². The standard InChI is InChI=1S/C15H24FN3O/c1-20-13(12-17)6-7-18-8-10-19(11-9-18)15-5-3-2-4-14(15)16/h2-5,13H,6-12,17H2,1H3. The minimum Gasteiger partial charge on any atom is -0.380 e. The Kier molecular flexibility index (Phi) is 5.76. The molecule has 0 aromatic heterocycles. The quantitative estimate of drug-likeness (QED) is 0.854. The number of piperazine rings is 1. The summed E-state index contributed by atoms with van der Waals surface area (Å²) in [5.41, 5.74) is 6.33. The van der Waals surface area contributed by atoms with Gasteiger partial charge in [-0.1, -0.05) is 12.1 Å². The molecule has 0 aliphatic carbocycles. The Balaban J connectivity index is 1.79. The Morgan fingerprint density at radius 2 is 1.95 bits per heavy atom. The van der Waals surface area contributed by atoms with Crippen LogP contribution in [0.4, 0.5) is 10.1 Å². The third-order valence-corrected chi connectivity index (χ3v) is 3.93. The van der Waals surface area contributed by atoms with Crippen LogP contribution in [0.3, 0.4) is 0 Å². The van der Waals surface area contributed by atoms with Crippen LogP contribution in [0.1, 0.15) is 6.42 Å². The molecule has 5 heteroatoms. The second-order valence-corrected chi connectivity index (χ2v) is 5.16. The highest BCUT2D eigenvalue weighted by Crippen LogP contribution is 2.20. The average Bonchev–Trinajstić information content (AvgIpc) is 2.49. The van der Waals surface area contributed by atoms with Gasteiger partial charge in [0.25, 0.3) is 0 Å². The van der Waals surface area contributed by atoms with Gasteiger partial charge < -0.3 is 15.4 Å². The number of benzene rings is 1. The third-order valence-electron chi connectivity index (χ3n) is 3.93. The van der Waals surface area contributed by atoms with Crippen LogP contribution >= 0.6 is 0 Å². The fourth-order valence-corrected chi connectivity index (χ4v) is 2.58. The second kappa shape index (κ2) is 7.57. The largest absolute Gasteiger partial charge is 0.380 e. The predicted octanol–water partition coefficient (Wildman–Crippen LogP) is 1.31. The Morgan fingerprint density at radius 1 is 1.25 bits per heavy atom. The fraction of sp³-hybridized carbons (Fsp3) is 0.600. The van der Waals surface area contributed by atoms with E-state index in [9.17, 15) is 4.39 Å². The number of nitrogens with two attached hydrogens (primary N) is 1. The highest BCUT2D eigenvalue weighted by Gasteiger charge is 2.19. The Hall–Kier alpha value is -1.17. The van der Waals surface area contributed by atoms with Gasteiger partial charge in [0.15, 0.2) is 0 Å². The van der Waals surface area contributed by atoms with E-state index in [1.54, 1.807) is 13.2 Å². The molecule has 0 bridgehead atoms. The molecule has 0 radical (unpaired) electrons. The molecular formula is C15H24FN3O. The van der Waals surface area contributed by atoms with Crippen molar-refractivity contribution in [2.24, 2.45) is 5.73 Å². The van der Waals surface area contributed by atoms with Gasteiger partial charge >= 0.3 is 0 Å². The molecule has 2 N–H and O–H groups in total. The lowest BCUT2D eigenvalue weighted by Gasteiger charge is -2.36. The minimum atomic E-state index is -0.136. The molecule has 1 aliphatic heterocycles. The minimum absolute atomic E-state index is 0.136. The number of halogens is 1. The third kappa shape index (κ3) is 3.91. The van der Waals surface area contributed by atoms with E-state index in [2.05, 4.69) is 9.80 Å². The van der Waals surface area contributed by atoms with Crippen molar-refractivity contribution in [3.8, 4) is 0 Å². The first-order valence-corrected chi connectivity index (χ1v) is 7.19. The van der Waals surface area contributed by atoms with Crippen molar-refractivity contribution in [1.29, 1.82) is 0 Å². The lowest BCUT2D eigenvalue weighted by atomic mass is 10.2. The highest BCUT2D eigenvalue weighted by atomic mass is 19.1. The van der Waals surface area contributed by atoms with E-state index in [0.717, 1.165) is 39.1 Å². The average molecular weight is 281 g/mol. The maximum atomic E-state index is 13.7. The lowest BCUT2D eigenvalue weighted by molar-refractivity contribution is 0.0885. The molecular weight excluding hydrogens is 257 g/mol. The van der Waals surface area contributed by atoms with Gasteiger partial charge in [-0.3, -0.25) is 4.90 Å². The van der Waals surface area contributed by atoms with Gasteiger partial charge in [-0.05, 0) is 18.6 Å². The SMILES string of the molecule is COC(CN)CCN1CCN(c2ccccc2F)CC1. The molecule has 20 heavy (non-hydrogen) atoms. The molecule has 1 atom stereocenters. The molecule has 112 valence electrons. The van der Waals surface area contributed by atoms with E-state index in [-0.39, 0.29) is 11.9 Å². The van der Waals surface area contributed by atoms with Gasteiger partial charge in [0.1, 0.15) is 5.82 Å². The number of para-hydroxylation sites is 1. The fourth-order valence-electron chi connectivity index (χ4n) is 2.58. The summed E-state index contributed by atoms with van der Waals surface area (Å²) in [6, 6.07) is 6.98. The van der Waals surface area contributed by atoms with E-state index in [1.165, 1.54) is 6.07 Å². The monoisotopic (exact) mass is 281 g/mol. The number of hydrogen-bond donors (Lipinski definition) is 1. The van der Waals surface area contributed by atoms with Crippen LogP contribution in [-0.2, 0) is 4.74 Å². The molecule has 2 rings (SSSR count). The smallest absolute Gasteiger partial charge is 0.146 e. The molecule has 0 amide bonds. The summed E-state index contributed by atoms with van der Waals surface area (Å²) < 4.78 is 19.0. The number of rotatable bonds is 6. The van der Waals surface area contributed by atoms with Crippen molar-refractivity contribution in [3.05, 3.63) is 30.1 Å². The topological polar surface area (TPSA) is 41.7 Å². The number of nitrogens with zero attached hydrogens (tertiary/aromatic N) is 2. The number of hydrogen-bond acceptors (Lipinski definition) is 4. The van der Waals surface area contributed by atoms with E-state index in [1.807, 2.05) is 12.1 Å². The van der Waals surface area contributed by atoms with Gasteiger partial charge in [-0.15, -0.1) is 0 Å². The normalized spacial score (nSPS) is 18.2. The van der Waals surface area contributed by atoms with Crippen LogP contribution < -0.4 is 10.6 Å². The molecule has 0 spiro atoms. The molecule has 1 fully saturated rings. The molecule has 1 aromatic carbocycles. The summed E-state index contributed by atoms with van der Waals surface area (Å²) in [7, 11) is 1.70. The Labute approximate surface area is 120 Å². The van der Waals surface area contributed by atoms with Crippen LogP contribution in [0.15, 0.2) is 24.3 Å². The lowest BCUT2D eigenvalue weighted by Crippen LogP contribution is -2.47. The van der Waals surface area contributed by atoms with Crippen molar-refractivity contribution < 1.29 is 9.13 Å². The van der Waals surface area contributed by atoms with Gasteiger partial charge in [0.2, 0.25) is 0 Å². The molecule has 1 heterocycles. The zero-order valence-electron chi connectivity index (χ0n) is 12.1. The van der Waals surface area contributed by atoms with Crippen LogP contribution in [0.2, 0.25) is 0 Å². The van der Waals surface area contributed by atoms with Crippen LogP contribution in [0.5, 0.6) is 0 Å². The zero-order chi connectivity index (χ0) is 14.4. The van der Waals surface area contributed by atoms with Crippen molar-refractivity contribution in [1.82, 2.24) is 4.90 Å². The maximum absolute atomic E-state index is 13.7. The van der Waals surface area contributed by atoms with Crippen LogP contribution in [0, 0.1) is 5.82 Å². The first-order chi connectivity index (χ1) is 9.74. The van der Waals surface area contributed by atoms with Gasteiger partial charge in [0.05, 0.1) is 11.8 Å². The molecule has 4 nitrogen and oxygen atoms in total. The van der Waals surface area contributed by atoms with Gasteiger partial charge in [0, 0.05) is 46.4 Å². The second-order valence-electron chi connectivity index (χ2n) is 5.16. The first kappa shape index (κ1) is 15.2. The summed E-state index contributed by atoms with van der Waals surface area (Å²) in [4.78, 5) is 4.50. The van der Waals surface area contributed by atoms with Crippen molar-refractivity contribution in [3.63, 3.8) is 0 Å². The molecule has 1 saturated heterocycles. The number of methoxy groups -OCH3 is 1. The van der Waals surface area contributed by atoms with Crippen LogP contribution in [-0.4, -0.2) is 57.4 Å². The van der Waals surface area contributed by atoms with E-state index < -0.39 is 0 Å². The summed E-state index contributed by atoms with van der Waals surface area (Å²) in [6.07, 6.45) is 1.09. The predicted molar refractivity (Wildman–Crippen MR) is 79.5 cm³/mol. The van der Waals surface area contributed by atoms with E-state index in [4.69, 9.17) is 10.5 Å². The molecule has 1 aromatic rings. The van der Waals surface area contributed by atoms with Crippen molar-refractivity contribution in [2.45, 2.75) is 12.5 Å². The molecule has 1 aliphatic rings. The van der Waals surface area contributed by atoms with Gasteiger partial charge in [-0.2, -0.15) is 0 Å².